The van der Waals surface area contributed by atoms with Gasteiger partial charge in [0.15, 0.2) is 10.1 Å². The van der Waals surface area contributed by atoms with Crippen LogP contribution in [-0.2, 0) is 4.79 Å². The van der Waals surface area contributed by atoms with E-state index in [0.29, 0.717) is 32.8 Å². The Hall–Kier alpha value is -2.97. The highest BCUT2D eigenvalue weighted by atomic mass is 32.2. The van der Waals surface area contributed by atoms with Gasteiger partial charge in [-0.1, -0.05) is 71.6 Å². The summed E-state index contributed by atoms with van der Waals surface area (Å²) in [5.74, 6) is -0.176. The Morgan fingerprint density at radius 3 is 2.61 bits per heavy atom. The Morgan fingerprint density at radius 2 is 1.82 bits per heavy atom. The van der Waals surface area contributed by atoms with Crippen LogP contribution >= 0.6 is 23.1 Å². The number of aromatic nitrogens is 2. The van der Waals surface area contributed by atoms with Gasteiger partial charge in [0, 0.05) is 17.7 Å². The summed E-state index contributed by atoms with van der Waals surface area (Å²) in [6.45, 7) is 4.24. The lowest BCUT2D eigenvalue weighted by Gasteiger charge is -2.10. The lowest BCUT2D eigenvalue weighted by atomic mass is 10.0. The van der Waals surface area contributed by atoms with Crippen molar-refractivity contribution in [3.8, 4) is 0 Å². The number of hydrogen-bond acceptors (Lipinski definition) is 7. The van der Waals surface area contributed by atoms with Crippen molar-refractivity contribution in [2.45, 2.75) is 4.34 Å². The third-order valence-corrected chi connectivity index (χ3v) is 5.63. The predicted octanol–water partition coefficient (Wildman–Crippen LogP) is 4.10. The molecule has 3 rings (SSSR count). The molecule has 1 heterocycles. The summed E-state index contributed by atoms with van der Waals surface area (Å²) in [5.41, 5.74) is 1.53. The maximum absolute atomic E-state index is 12.7. The fourth-order valence-electron chi connectivity index (χ4n) is 2.35. The zero-order valence-corrected chi connectivity index (χ0v) is 16.6. The molecule has 0 radical (unpaired) electrons. The zero-order valence-electron chi connectivity index (χ0n) is 14.9. The van der Waals surface area contributed by atoms with Gasteiger partial charge in [0.1, 0.15) is 0 Å². The summed E-state index contributed by atoms with van der Waals surface area (Å²) in [7, 11) is 0. The van der Waals surface area contributed by atoms with E-state index in [1.54, 1.807) is 42.5 Å². The number of nitrogens with zero attached hydrogens (tertiary/aromatic N) is 2. The molecule has 2 aromatic carbocycles. The summed E-state index contributed by atoms with van der Waals surface area (Å²) in [6, 6.07) is 16.0. The summed E-state index contributed by atoms with van der Waals surface area (Å²) in [6.07, 6.45) is 1.73. The van der Waals surface area contributed by atoms with Crippen molar-refractivity contribution in [1.29, 1.82) is 0 Å². The number of thioether (sulfide) groups is 1. The topological polar surface area (TPSA) is 84.0 Å². The molecule has 0 spiro atoms. The molecule has 1 amide bonds. The van der Waals surface area contributed by atoms with Crippen LogP contribution in [0.4, 0.5) is 10.8 Å². The first kappa shape index (κ1) is 19.8. The van der Waals surface area contributed by atoms with Crippen LogP contribution in [0.15, 0.2) is 71.6 Å². The first-order valence-electron chi connectivity index (χ1n) is 8.47. The van der Waals surface area contributed by atoms with Crippen molar-refractivity contribution in [3.05, 3.63) is 78.4 Å². The number of hydrogen-bond donors (Lipinski definition) is 2. The average molecular weight is 411 g/mol. The van der Waals surface area contributed by atoms with Gasteiger partial charge in [-0.2, -0.15) is 0 Å². The second-order valence-corrected chi connectivity index (χ2v) is 7.82. The maximum atomic E-state index is 12.7. The van der Waals surface area contributed by atoms with Gasteiger partial charge in [0.25, 0.3) is 0 Å². The monoisotopic (exact) mass is 410 g/mol. The van der Waals surface area contributed by atoms with Gasteiger partial charge in [-0.3, -0.25) is 9.59 Å². The molecule has 0 atom stereocenters. The quantitative estimate of drug-likeness (QED) is 0.314. The van der Waals surface area contributed by atoms with Gasteiger partial charge in [0.05, 0.1) is 11.4 Å². The van der Waals surface area contributed by atoms with Gasteiger partial charge >= 0.3 is 0 Å². The van der Waals surface area contributed by atoms with Gasteiger partial charge < -0.3 is 10.6 Å². The lowest BCUT2D eigenvalue weighted by molar-refractivity contribution is -0.113. The summed E-state index contributed by atoms with van der Waals surface area (Å²) in [4.78, 5) is 25.1. The molecule has 2 N–H and O–H groups in total. The van der Waals surface area contributed by atoms with E-state index in [9.17, 15) is 9.59 Å². The first-order chi connectivity index (χ1) is 13.7. The molecule has 6 nitrogen and oxygen atoms in total. The molecular formula is C20H18N4O2S2. The van der Waals surface area contributed by atoms with E-state index >= 15 is 0 Å². The molecule has 0 saturated heterocycles. The van der Waals surface area contributed by atoms with Crippen molar-refractivity contribution in [2.75, 3.05) is 22.9 Å². The fourth-order valence-corrected chi connectivity index (χ4v) is 3.91. The Kier molecular flexibility index (Phi) is 6.94. The van der Waals surface area contributed by atoms with Crippen molar-refractivity contribution < 1.29 is 9.59 Å². The van der Waals surface area contributed by atoms with Crippen LogP contribution in [-0.4, -0.2) is 34.2 Å². The molecule has 142 valence electrons. The minimum absolute atomic E-state index is 0.133. The minimum Gasteiger partial charge on any atom is -0.357 e. The predicted molar refractivity (Wildman–Crippen MR) is 114 cm³/mol. The largest absolute Gasteiger partial charge is 0.357 e. The third-order valence-electron chi connectivity index (χ3n) is 3.61. The molecule has 1 aromatic heterocycles. The number of ketones is 1. The number of anilines is 2. The second-order valence-electron chi connectivity index (χ2n) is 5.62. The van der Waals surface area contributed by atoms with Crippen LogP contribution in [0.5, 0.6) is 0 Å². The Morgan fingerprint density at radius 1 is 1.07 bits per heavy atom. The minimum atomic E-state index is -0.214. The van der Waals surface area contributed by atoms with E-state index < -0.39 is 0 Å². The number of para-hydroxylation sites is 1. The van der Waals surface area contributed by atoms with Gasteiger partial charge in [-0.25, -0.2) is 0 Å². The molecule has 8 heteroatoms. The van der Waals surface area contributed by atoms with Crippen molar-refractivity contribution in [3.63, 3.8) is 0 Å². The summed E-state index contributed by atoms with van der Waals surface area (Å²) >= 11 is 2.67. The highest BCUT2D eigenvalue weighted by Gasteiger charge is 2.15. The number of nitrogens with one attached hydrogen (secondary N) is 2. The lowest BCUT2D eigenvalue weighted by Crippen LogP contribution is -2.16. The van der Waals surface area contributed by atoms with Gasteiger partial charge in [-0.15, -0.1) is 16.8 Å². The van der Waals surface area contributed by atoms with Crippen LogP contribution in [0.1, 0.15) is 15.9 Å². The van der Waals surface area contributed by atoms with E-state index in [1.807, 2.05) is 18.2 Å². The van der Waals surface area contributed by atoms with Crippen LogP contribution in [0.2, 0.25) is 0 Å². The second kappa shape index (κ2) is 9.82. The van der Waals surface area contributed by atoms with Crippen molar-refractivity contribution >= 4 is 45.6 Å². The van der Waals surface area contributed by atoms with E-state index in [2.05, 4.69) is 27.4 Å². The number of carbonyl (C=O) groups excluding carboxylic acids is 2. The molecule has 28 heavy (non-hydrogen) atoms. The molecule has 0 bridgehead atoms. The molecule has 0 unspecified atom stereocenters. The molecule has 0 saturated carbocycles. The van der Waals surface area contributed by atoms with Gasteiger partial charge in [-0.05, 0) is 12.1 Å². The number of benzene rings is 2. The first-order valence-corrected chi connectivity index (χ1v) is 10.3. The number of rotatable bonds is 9. The van der Waals surface area contributed by atoms with Crippen LogP contribution in [0.3, 0.4) is 0 Å². The van der Waals surface area contributed by atoms with Crippen molar-refractivity contribution in [1.82, 2.24) is 10.2 Å². The molecule has 0 aliphatic rings. The molecule has 0 aliphatic heterocycles. The highest BCUT2D eigenvalue weighted by molar-refractivity contribution is 8.01. The van der Waals surface area contributed by atoms with Crippen LogP contribution in [0, 0.1) is 0 Å². The fraction of sp³-hybridized carbons (Fsp3) is 0.100. The SMILES string of the molecule is C=CCNc1nnc(SCC(=O)Nc2ccccc2C(=O)c2ccccc2)s1. The average Bonchev–Trinajstić information content (AvgIpc) is 3.19. The van der Waals surface area contributed by atoms with Gasteiger partial charge in [0.2, 0.25) is 11.0 Å². The third kappa shape index (κ3) is 5.28. The van der Waals surface area contributed by atoms with Crippen molar-refractivity contribution in [2.24, 2.45) is 0 Å². The zero-order chi connectivity index (χ0) is 19.8. The molecule has 0 fully saturated rings. The van der Waals surface area contributed by atoms with E-state index in [4.69, 9.17) is 0 Å². The summed E-state index contributed by atoms with van der Waals surface area (Å²) < 4.78 is 0.690. The normalized spacial score (nSPS) is 10.3. The Bertz CT molecular complexity index is 973. The van der Waals surface area contributed by atoms with Crippen LogP contribution < -0.4 is 10.6 Å². The number of carbonyl (C=O) groups is 2. The standard InChI is InChI=1S/C20H18N4O2S2/c1-2-12-21-19-23-24-20(28-19)27-13-17(25)22-16-11-7-6-10-15(16)18(26)14-8-4-3-5-9-14/h2-11H,1,12-13H2,(H,21,23)(H,22,25). The maximum Gasteiger partial charge on any atom is 0.234 e. The highest BCUT2D eigenvalue weighted by Crippen LogP contribution is 2.26. The Labute approximate surface area is 171 Å². The number of amides is 1. The van der Waals surface area contributed by atoms with E-state index in [1.165, 1.54) is 23.1 Å². The summed E-state index contributed by atoms with van der Waals surface area (Å²) in [5, 5.41) is 14.6. The Balaban J connectivity index is 1.62. The smallest absolute Gasteiger partial charge is 0.234 e. The molecule has 0 aliphatic carbocycles. The van der Waals surface area contributed by atoms with E-state index in [0.717, 1.165) is 0 Å². The molecular weight excluding hydrogens is 392 g/mol. The molecule has 3 aromatic rings. The van der Waals surface area contributed by atoms with Crippen LogP contribution in [0.25, 0.3) is 0 Å². The van der Waals surface area contributed by atoms with E-state index in [-0.39, 0.29) is 17.4 Å².